The zero-order chi connectivity index (χ0) is 18.9. The first-order valence-corrected chi connectivity index (χ1v) is 9.30. The minimum Gasteiger partial charge on any atom is -0.378 e. The Morgan fingerprint density at radius 3 is 2.65 bits per heavy atom. The number of rotatable bonds is 4. The van der Waals surface area contributed by atoms with Crippen molar-refractivity contribution in [3.8, 4) is 0 Å². The van der Waals surface area contributed by atoms with Gasteiger partial charge in [0.25, 0.3) is 0 Å². The van der Waals surface area contributed by atoms with Crippen LogP contribution in [0, 0.1) is 6.92 Å². The van der Waals surface area contributed by atoms with Crippen LogP contribution in [0.4, 0.5) is 0 Å². The number of pyridine rings is 1. The molecule has 136 valence electrons. The Morgan fingerprint density at radius 2 is 2.00 bits per heavy atom. The third-order valence-electron chi connectivity index (χ3n) is 4.32. The van der Waals surface area contributed by atoms with E-state index in [0.29, 0.717) is 10.9 Å². The predicted octanol–water partition coefficient (Wildman–Crippen LogP) is 3.05. The number of ketones is 1. The summed E-state index contributed by atoms with van der Waals surface area (Å²) >= 11 is 1.58. The Hall–Kier alpha value is -2.28. The monoisotopic (exact) mass is 369 g/mol. The number of nitrogens with two attached hydrogens (primary N) is 1. The van der Waals surface area contributed by atoms with Crippen LogP contribution in [0.3, 0.4) is 0 Å². The molecule has 0 saturated carbocycles. The quantitative estimate of drug-likeness (QED) is 0.833. The number of nitrogens with zero attached hydrogens (tertiary/aromatic N) is 4. The molecule has 2 aromatic rings. The van der Waals surface area contributed by atoms with Crippen LogP contribution < -0.4 is 5.73 Å². The molecule has 3 heterocycles. The van der Waals surface area contributed by atoms with Crippen LogP contribution in [-0.2, 0) is 12.0 Å². The Balaban J connectivity index is 1.85. The number of aryl methyl sites for hydroxylation is 1. The smallest absolute Gasteiger partial charge is 0.187 e. The molecule has 0 radical (unpaired) electrons. The van der Waals surface area contributed by atoms with Crippen molar-refractivity contribution in [2.24, 2.45) is 10.7 Å². The summed E-state index contributed by atoms with van der Waals surface area (Å²) < 4.78 is -0.0222. The second-order valence-corrected chi connectivity index (χ2v) is 9.18. The highest BCUT2D eigenvalue weighted by molar-refractivity contribution is 8.15. The van der Waals surface area contributed by atoms with Gasteiger partial charge in [0, 0.05) is 23.6 Å². The van der Waals surface area contributed by atoms with Crippen LogP contribution in [0.2, 0.25) is 0 Å². The van der Waals surface area contributed by atoms with Gasteiger partial charge in [0.15, 0.2) is 11.0 Å². The average molecular weight is 369 g/mol. The van der Waals surface area contributed by atoms with Crippen molar-refractivity contribution in [3.63, 3.8) is 0 Å². The lowest BCUT2D eigenvalue weighted by Crippen LogP contribution is -2.38. The van der Waals surface area contributed by atoms with Gasteiger partial charge in [-0.15, -0.1) is 0 Å². The summed E-state index contributed by atoms with van der Waals surface area (Å²) in [7, 11) is 0. The highest BCUT2D eigenvalue weighted by Gasteiger charge is 2.40. The molecule has 0 fully saturated rings. The normalized spacial score (nSPS) is 21.9. The Labute approximate surface area is 157 Å². The van der Waals surface area contributed by atoms with Crippen LogP contribution >= 0.6 is 11.8 Å². The molecule has 2 N–H and O–H groups in total. The lowest BCUT2D eigenvalue weighted by molar-refractivity contribution is 0.0987. The summed E-state index contributed by atoms with van der Waals surface area (Å²) in [4.78, 5) is 29.9. The second-order valence-electron chi connectivity index (χ2n) is 7.45. The number of hydrogen-bond donors (Lipinski definition) is 1. The third-order valence-corrected chi connectivity index (χ3v) is 5.31. The predicted molar refractivity (Wildman–Crippen MR) is 104 cm³/mol. The first-order chi connectivity index (χ1) is 12.2. The lowest BCUT2D eigenvalue weighted by Gasteiger charge is -2.38. The van der Waals surface area contributed by atoms with Crippen LogP contribution in [0.5, 0.6) is 0 Å². The third kappa shape index (κ3) is 4.09. The van der Waals surface area contributed by atoms with Gasteiger partial charge in [-0.1, -0.05) is 25.6 Å². The maximum absolute atomic E-state index is 12.5. The zero-order valence-corrected chi connectivity index (χ0v) is 16.3. The minimum absolute atomic E-state index is 0.0222. The molecule has 0 unspecified atom stereocenters. The van der Waals surface area contributed by atoms with Crippen molar-refractivity contribution in [3.05, 3.63) is 53.4 Å². The average Bonchev–Trinajstić information content (AvgIpc) is 2.53. The van der Waals surface area contributed by atoms with E-state index in [2.05, 4.69) is 33.8 Å². The first-order valence-electron chi connectivity index (χ1n) is 8.48. The molecule has 6 nitrogen and oxygen atoms in total. The van der Waals surface area contributed by atoms with E-state index in [9.17, 15) is 4.79 Å². The number of aliphatic imine (C=N–C) groups is 1. The number of Topliss-reactive ketones (excluding diaryl/α,β-unsaturated/α-hetero) is 1. The molecule has 3 rings (SSSR count). The SMILES string of the molecule is Cc1cnc(C(=O)Cc2ccnc([C@]3(C)CC(C)(C)SC(N)=N3)c2)cn1. The number of amidine groups is 1. The van der Waals surface area contributed by atoms with Crippen LogP contribution in [0.15, 0.2) is 35.7 Å². The minimum atomic E-state index is -0.498. The fraction of sp³-hybridized carbons (Fsp3) is 0.421. The van der Waals surface area contributed by atoms with Crippen molar-refractivity contribution >= 4 is 22.7 Å². The van der Waals surface area contributed by atoms with Crippen LogP contribution in [0.1, 0.15) is 54.6 Å². The molecule has 7 heteroatoms. The topological polar surface area (TPSA) is 94.1 Å². The van der Waals surface area contributed by atoms with E-state index < -0.39 is 5.54 Å². The molecule has 0 aliphatic carbocycles. The van der Waals surface area contributed by atoms with Crippen molar-refractivity contribution in [2.75, 3.05) is 0 Å². The van der Waals surface area contributed by atoms with E-state index in [1.54, 1.807) is 24.2 Å². The number of thioether (sulfide) groups is 1. The number of carbonyl (C=O) groups is 1. The summed E-state index contributed by atoms with van der Waals surface area (Å²) in [6.07, 6.45) is 5.92. The van der Waals surface area contributed by atoms with Crippen molar-refractivity contribution in [2.45, 2.75) is 50.8 Å². The van der Waals surface area contributed by atoms with E-state index in [-0.39, 0.29) is 17.0 Å². The fourth-order valence-corrected chi connectivity index (χ4v) is 4.46. The van der Waals surface area contributed by atoms with Gasteiger partial charge in [0.05, 0.1) is 17.6 Å². The van der Waals surface area contributed by atoms with Gasteiger partial charge in [-0.3, -0.25) is 14.8 Å². The van der Waals surface area contributed by atoms with Crippen molar-refractivity contribution in [1.82, 2.24) is 15.0 Å². The van der Waals surface area contributed by atoms with Crippen LogP contribution in [-0.4, -0.2) is 30.6 Å². The molecule has 1 aliphatic heterocycles. The Kier molecular flexibility index (Phi) is 4.84. The van der Waals surface area contributed by atoms with Gasteiger partial charge in [0.2, 0.25) is 0 Å². The molecule has 26 heavy (non-hydrogen) atoms. The molecule has 0 aromatic carbocycles. The highest BCUT2D eigenvalue weighted by atomic mass is 32.2. The van der Waals surface area contributed by atoms with Gasteiger partial charge in [-0.05, 0) is 38.0 Å². The largest absolute Gasteiger partial charge is 0.378 e. The van der Waals surface area contributed by atoms with Crippen LogP contribution in [0.25, 0.3) is 0 Å². The summed E-state index contributed by atoms with van der Waals surface area (Å²) in [6, 6.07) is 3.80. The van der Waals surface area contributed by atoms with E-state index in [1.165, 1.54) is 6.20 Å². The molecule has 2 aromatic heterocycles. The molecule has 0 amide bonds. The van der Waals surface area contributed by atoms with E-state index in [1.807, 2.05) is 26.0 Å². The zero-order valence-electron chi connectivity index (χ0n) is 15.5. The maximum Gasteiger partial charge on any atom is 0.187 e. The molecule has 0 saturated heterocycles. The molecule has 0 spiro atoms. The van der Waals surface area contributed by atoms with Gasteiger partial charge < -0.3 is 5.73 Å². The second kappa shape index (κ2) is 6.79. The number of carbonyl (C=O) groups excluding carboxylic acids is 1. The summed E-state index contributed by atoms with van der Waals surface area (Å²) in [5, 5.41) is 0.571. The van der Waals surface area contributed by atoms with E-state index in [4.69, 9.17) is 5.73 Å². The number of aromatic nitrogens is 3. The molecule has 1 aliphatic rings. The lowest BCUT2D eigenvalue weighted by atomic mass is 9.86. The standard InChI is InChI=1S/C19H23N5OS/c1-12-9-23-14(10-22-12)15(25)7-13-5-6-21-16(8-13)19(4)11-18(2,3)26-17(20)24-19/h5-6,8-10H,7,11H2,1-4H3,(H2,20,24)/t19-/m0/s1. The van der Waals surface area contributed by atoms with Gasteiger partial charge >= 0.3 is 0 Å². The first kappa shape index (κ1) is 18.5. The molecule has 0 bridgehead atoms. The number of hydrogen-bond acceptors (Lipinski definition) is 7. The summed E-state index contributed by atoms with van der Waals surface area (Å²) in [5.74, 6) is -0.0673. The summed E-state index contributed by atoms with van der Waals surface area (Å²) in [5.41, 5.74) is 8.42. The van der Waals surface area contributed by atoms with Gasteiger partial charge in [-0.25, -0.2) is 9.98 Å². The Bertz CT molecular complexity index is 862. The van der Waals surface area contributed by atoms with E-state index in [0.717, 1.165) is 23.4 Å². The van der Waals surface area contributed by atoms with Gasteiger partial charge in [-0.2, -0.15) is 0 Å². The van der Waals surface area contributed by atoms with E-state index >= 15 is 0 Å². The molecule has 1 atom stereocenters. The maximum atomic E-state index is 12.5. The van der Waals surface area contributed by atoms with Gasteiger partial charge in [0.1, 0.15) is 11.2 Å². The summed E-state index contributed by atoms with van der Waals surface area (Å²) in [6.45, 7) is 8.19. The highest BCUT2D eigenvalue weighted by Crippen LogP contribution is 2.44. The fourth-order valence-electron chi connectivity index (χ4n) is 3.29. The van der Waals surface area contributed by atoms with Crippen molar-refractivity contribution in [1.29, 1.82) is 0 Å². The Morgan fingerprint density at radius 1 is 1.23 bits per heavy atom. The van der Waals surface area contributed by atoms with Crippen molar-refractivity contribution < 1.29 is 4.79 Å². The molecular weight excluding hydrogens is 346 g/mol. The molecular formula is C19H23N5OS.